The predicted octanol–water partition coefficient (Wildman–Crippen LogP) is 2.87. The van der Waals surface area contributed by atoms with Crippen molar-refractivity contribution in [3.05, 3.63) is 41.2 Å². The fraction of sp³-hybridized carbons (Fsp3) is 0.476. The number of amides is 1. The lowest BCUT2D eigenvalue weighted by molar-refractivity contribution is 0.0945. The van der Waals surface area contributed by atoms with Crippen LogP contribution in [0.2, 0.25) is 0 Å². The van der Waals surface area contributed by atoms with Gasteiger partial charge in [0.1, 0.15) is 11.4 Å². The van der Waals surface area contributed by atoms with Gasteiger partial charge < -0.3 is 10.1 Å². The van der Waals surface area contributed by atoms with Gasteiger partial charge in [-0.2, -0.15) is 16.9 Å². The SMILES string of the molecule is CCCNC(=O)c1c(N=Cc2ccc(OC)c(CN3CCSCC3)c2)cnn1C. The number of aromatic nitrogens is 2. The Balaban J connectivity index is 1.78. The van der Waals surface area contributed by atoms with Crippen LogP contribution in [0.25, 0.3) is 0 Å². The fourth-order valence-electron chi connectivity index (χ4n) is 3.25. The van der Waals surface area contributed by atoms with E-state index in [0.29, 0.717) is 17.9 Å². The van der Waals surface area contributed by atoms with E-state index in [1.807, 2.05) is 30.8 Å². The lowest BCUT2D eigenvalue weighted by atomic mass is 10.1. The third-order valence-corrected chi connectivity index (χ3v) is 5.77. The number of nitrogens with zero attached hydrogens (tertiary/aromatic N) is 4. The van der Waals surface area contributed by atoms with Crippen LogP contribution in [0.15, 0.2) is 29.4 Å². The first-order valence-electron chi connectivity index (χ1n) is 9.93. The summed E-state index contributed by atoms with van der Waals surface area (Å²) in [6, 6.07) is 6.07. The maximum Gasteiger partial charge on any atom is 0.271 e. The van der Waals surface area contributed by atoms with Crippen LogP contribution in [0.3, 0.4) is 0 Å². The molecule has 1 aliphatic rings. The highest BCUT2D eigenvalue weighted by Crippen LogP contribution is 2.24. The summed E-state index contributed by atoms with van der Waals surface area (Å²) in [6.07, 6.45) is 4.28. The summed E-state index contributed by atoms with van der Waals surface area (Å²) in [7, 11) is 3.46. The minimum atomic E-state index is -0.155. The van der Waals surface area contributed by atoms with Gasteiger partial charge in [-0.05, 0) is 30.2 Å². The van der Waals surface area contributed by atoms with E-state index in [4.69, 9.17) is 4.74 Å². The van der Waals surface area contributed by atoms with E-state index in [1.165, 1.54) is 11.5 Å². The van der Waals surface area contributed by atoms with Gasteiger partial charge in [-0.3, -0.25) is 19.4 Å². The quantitative estimate of drug-likeness (QED) is 0.671. The lowest BCUT2D eigenvalue weighted by Crippen LogP contribution is -2.32. The molecule has 1 saturated heterocycles. The molecule has 1 aromatic heterocycles. The largest absolute Gasteiger partial charge is 0.496 e. The molecule has 0 spiro atoms. The van der Waals surface area contributed by atoms with Crippen LogP contribution in [0.5, 0.6) is 5.75 Å². The molecule has 2 heterocycles. The van der Waals surface area contributed by atoms with Crippen LogP contribution < -0.4 is 10.1 Å². The Morgan fingerprint density at radius 2 is 2.17 bits per heavy atom. The maximum atomic E-state index is 12.4. The van der Waals surface area contributed by atoms with Crippen molar-refractivity contribution in [1.82, 2.24) is 20.0 Å². The van der Waals surface area contributed by atoms with Crippen molar-refractivity contribution < 1.29 is 9.53 Å². The Morgan fingerprint density at radius 1 is 1.38 bits per heavy atom. The molecule has 1 aliphatic heterocycles. The van der Waals surface area contributed by atoms with E-state index < -0.39 is 0 Å². The Kier molecular flexibility index (Phi) is 7.71. The molecule has 0 saturated carbocycles. The number of rotatable bonds is 8. The summed E-state index contributed by atoms with van der Waals surface area (Å²) in [4.78, 5) is 19.4. The van der Waals surface area contributed by atoms with Crippen molar-refractivity contribution in [2.75, 3.05) is 38.2 Å². The smallest absolute Gasteiger partial charge is 0.271 e. The summed E-state index contributed by atoms with van der Waals surface area (Å²) in [5.74, 6) is 3.08. The number of aliphatic imine (C=N–C) groups is 1. The third kappa shape index (κ3) is 5.61. The number of aryl methyl sites for hydroxylation is 1. The molecule has 2 aromatic rings. The predicted molar refractivity (Wildman–Crippen MR) is 119 cm³/mol. The van der Waals surface area contributed by atoms with E-state index in [9.17, 15) is 4.79 Å². The molecule has 156 valence electrons. The highest BCUT2D eigenvalue weighted by atomic mass is 32.2. The molecular weight excluding hydrogens is 386 g/mol. The molecule has 0 atom stereocenters. The van der Waals surface area contributed by atoms with Crippen molar-refractivity contribution in [1.29, 1.82) is 0 Å². The summed E-state index contributed by atoms with van der Waals surface area (Å²) in [5, 5.41) is 7.08. The van der Waals surface area contributed by atoms with Gasteiger partial charge in [0, 0.05) is 56.5 Å². The summed E-state index contributed by atoms with van der Waals surface area (Å²) in [5.41, 5.74) is 3.15. The van der Waals surface area contributed by atoms with Crippen LogP contribution >= 0.6 is 11.8 Å². The molecule has 0 aliphatic carbocycles. The maximum absolute atomic E-state index is 12.4. The van der Waals surface area contributed by atoms with Crippen LogP contribution in [-0.2, 0) is 13.6 Å². The van der Waals surface area contributed by atoms with Crippen LogP contribution in [0, 0.1) is 0 Å². The molecule has 8 heteroatoms. The standard InChI is InChI=1S/C21H29N5O2S/c1-4-7-22-21(27)20-18(14-24-25(20)2)23-13-16-5-6-19(28-3)17(12-16)15-26-8-10-29-11-9-26/h5-6,12-14H,4,7-11,15H2,1-3H3,(H,22,27). The minimum absolute atomic E-state index is 0.155. The van der Waals surface area contributed by atoms with Crippen LogP contribution in [0.4, 0.5) is 5.69 Å². The topological polar surface area (TPSA) is 71.8 Å². The molecule has 1 amide bonds. The molecule has 1 aromatic carbocycles. The number of carbonyl (C=O) groups excluding carboxylic acids is 1. The zero-order valence-corrected chi connectivity index (χ0v) is 18.2. The van der Waals surface area contributed by atoms with Crippen molar-refractivity contribution in [3.63, 3.8) is 0 Å². The molecular formula is C21H29N5O2S. The Bertz CT molecular complexity index is 859. The molecule has 3 rings (SSSR count). The van der Waals surface area contributed by atoms with E-state index in [1.54, 1.807) is 31.3 Å². The third-order valence-electron chi connectivity index (χ3n) is 4.82. The van der Waals surface area contributed by atoms with E-state index >= 15 is 0 Å². The fourth-order valence-corrected chi connectivity index (χ4v) is 4.23. The van der Waals surface area contributed by atoms with Gasteiger partial charge in [0.25, 0.3) is 5.91 Å². The summed E-state index contributed by atoms with van der Waals surface area (Å²) >= 11 is 2.00. The normalized spacial score (nSPS) is 15.0. The first kappa shape index (κ1) is 21.4. The first-order chi connectivity index (χ1) is 14.1. The minimum Gasteiger partial charge on any atom is -0.496 e. The zero-order chi connectivity index (χ0) is 20.6. The zero-order valence-electron chi connectivity index (χ0n) is 17.4. The second kappa shape index (κ2) is 10.5. The number of carbonyl (C=O) groups is 1. The Labute approximate surface area is 176 Å². The van der Waals surface area contributed by atoms with Crippen LogP contribution in [0.1, 0.15) is 35.0 Å². The number of methoxy groups -OCH3 is 1. The number of thioether (sulfide) groups is 1. The number of benzene rings is 1. The van der Waals surface area contributed by atoms with Gasteiger partial charge in [0.2, 0.25) is 0 Å². The molecule has 0 bridgehead atoms. The van der Waals surface area contributed by atoms with E-state index in [-0.39, 0.29) is 5.91 Å². The molecule has 7 nitrogen and oxygen atoms in total. The molecule has 0 radical (unpaired) electrons. The van der Waals surface area contributed by atoms with Crippen molar-refractivity contribution in [3.8, 4) is 5.75 Å². The van der Waals surface area contributed by atoms with Gasteiger partial charge >= 0.3 is 0 Å². The second-order valence-corrected chi connectivity index (χ2v) is 8.20. The van der Waals surface area contributed by atoms with Crippen molar-refractivity contribution in [2.45, 2.75) is 19.9 Å². The van der Waals surface area contributed by atoms with Crippen LogP contribution in [-0.4, -0.2) is 65.1 Å². The van der Waals surface area contributed by atoms with Gasteiger partial charge in [-0.25, -0.2) is 0 Å². The summed E-state index contributed by atoms with van der Waals surface area (Å²) < 4.78 is 7.11. The first-order valence-corrected chi connectivity index (χ1v) is 11.1. The van der Waals surface area contributed by atoms with Crippen molar-refractivity contribution in [2.24, 2.45) is 12.0 Å². The Morgan fingerprint density at radius 3 is 2.90 bits per heavy atom. The second-order valence-electron chi connectivity index (χ2n) is 6.98. The van der Waals surface area contributed by atoms with Crippen molar-refractivity contribution >= 4 is 29.6 Å². The van der Waals surface area contributed by atoms with E-state index in [2.05, 4.69) is 26.4 Å². The highest BCUT2D eigenvalue weighted by molar-refractivity contribution is 7.99. The lowest BCUT2D eigenvalue weighted by Gasteiger charge is -2.26. The highest BCUT2D eigenvalue weighted by Gasteiger charge is 2.16. The monoisotopic (exact) mass is 415 g/mol. The average molecular weight is 416 g/mol. The molecule has 0 unspecified atom stereocenters. The molecule has 1 fully saturated rings. The number of hydrogen-bond acceptors (Lipinski definition) is 6. The van der Waals surface area contributed by atoms with Gasteiger partial charge in [-0.1, -0.05) is 6.92 Å². The number of nitrogens with one attached hydrogen (secondary N) is 1. The van der Waals surface area contributed by atoms with E-state index in [0.717, 1.165) is 42.9 Å². The molecule has 1 N–H and O–H groups in total. The Hall–Kier alpha value is -2.32. The van der Waals surface area contributed by atoms with Gasteiger partial charge in [0.15, 0.2) is 5.69 Å². The van der Waals surface area contributed by atoms with Gasteiger partial charge in [0.05, 0.1) is 13.3 Å². The summed E-state index contributed by atoms with van der Waals surface area (Å²) in [6.45, 7) is 5.70. The average Bonchev–Trinajstić information content (AvgIpc) is 3.12. The number of ether oxygens (including phenoxy) is 1. The van der Waals surface area contributed by atoms with Gasteiger partial charge in [-0.15, -0.1) is 0 Å². The molecule has 29 heavy (non-hydrogen) atoms. The number of hydrogen-bond donors (Lipinski definition) is 1.